The van der Waals surface area contributed by atoms with Crippen LogP contribution in [0.4, 0.5) is 0 Å². The first kappa shape index (κ1) is 14.1. The van der Waals surface area contributed by atoms with Crippen molar-refractivity contribution >= 4 is 12.0 Å². The number of nitrogens with one attached hydrogen (secondary N) is 1. The van der Waals surface area contributed by atoms with Crippen LogP contribution in [-0.2, 0) is 0 Å². The molecule has 2 rings (SSSR count). The Morgan fingerprint density at radius 2 is 1.70 bits per heavy atom. The average Bonchev–Trinajstić information content (AvgIpc) is 2.47. The minimum atomic E-state index is -0.0494. The zero-order valence-electron chi connectivity index (χ0n) is 11.8. The molecule has 0 radical (unpaired) electrons. The molecule has 0 saturated carbocycles. The SMILES string of the molecule is Cc1ccc(/C=C/[C@@H](C)NC(=O)c2ccccc2)cc1. The predicted octanol–water partition coefficient (Wildman–Crippen LogP) is 3.83. The van der Waals surface area contributed by atoms with Gasteiger partial charge in [-0.2, -0.15) is 0 Å². The Kier molecular flexibility index (Phi) is 4.72. The number of hydrogen-bond donors (Lipinski definition) is 1. The topological polar surface area (TPSA) is 29.1 Å². The Labute approximate surface area is 120 Å². The summed E-state index contributed by atoms with van der Waals surface area (Å²) in [6, 6.07) is 17.5. The van der Waals surface area contributed by atoms with E-state index in [0.717, 1.165) is 5.56 Å². The highest BCUT2D eigenvalue weighted by Gasteiger charge is 2.06. The summed E-state index contributed by atoms with van der Waals surface area (Å²) >= 11 is 0. The molecular weight excluding hydrogens is 246 g/mol. The van der Waals surface area contributed by atoms with Crippen LogP contribution in [-0.4, -0.2) is 11.9 Å². The smallest absolute Gasteiger partial charge is 0.251 e. The van der Waals surface area contributed by atoms with Crippen molar-refractivity contribution in [1.29, 1.82) is 0 Å². The molecule has 0 heterocycles. The molecule has 0 unspecified atom stereocenters. The fraction of sp³-hybridized carbons (Fsp3) is 0.167. The quantitative estimate of drug-likeness (QED) is 0.894. The van der Waals surface area contributed by atoms with Crippen molar-refractivity contribution in [2.45, 2.75) is 19.9 Å². The Morgan fingerprint density at radius 1 is 1.05 bits per heavy atom. The molecule has 102 valence electrons. The van der Waals surface area contributed by atoms with E-state index in [1.165, 1.54) is 5.56 Å². The van der Waals surface area contributed by atoms with Gasteiger partial charge in [0.25, 0.3) is 5.91 Å². The molecule has 0 aliphatic rings. The minimum absolute atomic E-state index is 0.0102. The van der Waals surface area contributed by atoms with Crippen LogP contribution in [0.25, 0.3) is 6.08 Å². The van der Waals surface area contributed by atoms with Gasteiger partial charge < -0.3 is 5.32 Å². The van der Waals surface area contributed by atoms with E-state index in [1.54, 1.807) is 0 Å². The van der Waals surface area contributed by atoms with Crippen molar-refractivity contribution < 1.29 is 4.79 Å². The lowest BCUT2D eigenvalue weighted by atomic mass is 10.1. The molecule has 2 aromatic rings. The molecule has 0 aromatic heterocycles. The average molecular weight is 265 g/mol. The van der Waals surface area contributed by atoms with Gasteiger partial charge in [0, 0.05) is 11.6 Å². The third-order valence-electron chi connectivity index (χ3n) is 3.05. The molecule has 0 bridgehead atoms. The van der Waals surface area contributed by atoms with E-state index in [9.17, 15) is 4.79 Å². The predicted molar refractivity (Wildman–Crippen MR) is 83.6 cm³/mol. The number of aryl methyl sites for hydroxylation is 1. The lowest BCUT2D eigenvalue weighted by molar-refractivity contribution is 0.0947. The van der Waals surface area contributed by atoms with E-state index >= 15 is 0 Å². The molecule has 0 spiro atoms. The van der Waals surface area contributed by atoms with Crippen LogP contribution in [0.3, 0.4) is 0 Å². The second-order valence-electron chi connectivity index (χ2n) is 4.90. The van der Waals surface area contributed by atoms with E-state index in [2.05, 4.69) is 36.5 Å². The highest BCUT2D eigenvalue weighted by Crippen LogP contribution is 2.06. The first-order valence-electron chi connectivity index (χ1n) is 6.76. The summed E-state index contributed by atoms with van der Waals surface area (Å²) in [6.45, 7) is 4.03. The molecule has 1 amide bonds. The zero-order valence-corrected chi connectivity index (χ0v) is 11.8. The Balaban J connectivity index is 1.94. The Hall–Kier alpha value is -2.35. The van der Waals surface area contributed by atoms with Crippen LogP contribution in [0, 0.1) is 6.92 Å². The van der Waals surface area contributed by atoms with Crippen LogP contribution in [0.2, 0.25) is 0 Å². The van der Waals surface area contributed by atoms with Gasteiger partial charge in [-0.25, -0.2) is 0 Å². The van der Waals surface area contributed by atoms with Gasteiger partial charge in [-0.1, -0.05) is 60.2 Å². The summed E-state index contributed by atoms with van der Waals surface area (Å²) in [5, 5.41) is 2.95. The van der Waals surface area contributed by atoms with Crippen molar-refractivity contribution in [3.05, 3.63) is 77.4 Å². The summed E-state index contributed by atoms with van der Waals surface area (Å²) in [7, 11) is 0. The van der Waals surface area contributed by atoms with Gasteiger partial charge in [0.05, 0.1) is 0 Å². The van der Waals surface area contributed by atoms with Crippen molar-refractivity contribution in [2.75, 3.05) is 0 Å². The third kappa shape index (κ3) is 4.09. The van der Waals surface area contributed by atoms with Gasteiger partial charge >= 0.3 is 0 Å². The fourth-order valence-electron chi connectivity index (χ4n) is 1.86. The largest absolute Gasteiger partial charge is 0.346 e. The Morgan fingerprint density at radius 3 is 2.35 bits per heavy atom. The normalized spacial score (nSPS) is 12.3. The second kappa shape index (κ2) is 6.71. The number of carbonyl (C=O) groups is 1. The molecule has 1 N–H and O–H groups in total. The lowest BCUT2D eigenvalue weighted by Gasteiger charge is -2.09. The standard InChI is InChI=1S/C18H19NO/c1-14-8-11-16(12-9-14)13-10-15(2)19-18(20)17-6-4-3-5-7-17/h3-13,15H,1-2H3,(H,19,20)/b13-10+/t15-/m1/s1. The van der Waals surface area contributed by atoms with Crippen molar-refractivity contribution in [1.82, 2.24) is 5.32 Å². The highest BCUT2D eigenvalue weighted by atomic mass is 16.1. The molecule has 2 heteroatoms. The molecule has 0 fully saturated rings. The summed E-state index contributed by atoms with van der Waals surface area (Å²) in [6.07, 6.45) is 4.01. The van der Waals surface area contributed by atoms with Crippen LogP contribution < -0.4 is 5.32 Å². The first-order chi connectivity index (χ1) is 9.65. The number of carbonyl (C=O) groups excluding carboxylic acids is 1. The van der Waals surface area contributed by atoms with E-state index in [4.69, 9.17) is 0 Å². The molecule has 0 aliphatic heterocycles. The minimum Gasteiger partial charge on any atom is -0.346 e. The molecule has 1 atom stereocenters. The van der Waals surface area contributed by atoms with Crippen molar-refractivity contribution in [3.63, 3.8) is 0 Å². The summed E-state index contributed by atoms with van der Waals surface area (Å²) < 4.78 is 0. The van der Waals surface area contributed by atoms with Crippen LogP contribution >= 0.6 is 0 Å². The van der Waals surface area contributed by atoms with E-state index in [-0.39, 0.29) is 11.9 Å². The summed E-state index contributed by atoms with van der Waals surface area (Å²) in [4.78, 5) is 12.0. The van der Waals surface area contributed by atoms with E-state index in [1.807, 2.05) is 49.4 Å². The maximum absolute atomic E-state index is 12.0. The van der Waals surface area contributed by atoms with Gasteiger partial charge in [-0.3, -0.25) is 4.79 Å². The zero-order chi connectivity index (χ0) is 14.4. The van der Waals surface area contributed by atoms with Crippen molar-refractivity contribution in [2.24, 2.45) is 0 Å². The van der Waals surface area contributed by atoms with Gasteiger partial charge in [0.2, 0.25) is 0 Å². The monoisotopic (exact) mass is 265 g/mol. The van der Waals surface area contributed by atoms with Crippen LogP contribution in [0.15, 0.2) is 60.7 Å². The maximum Gasteiger partial charge on any atom is 0.251 e. The molecule has 2 aromatic carbocycles. The van der Waals surface area contributed by atoms with E-state index in [0.29, 0.717) is 5.56 Å². The third-order valence-corrected chi connectivity index (χ3v) is 3.05. The van der Waals surface area contributed by atoms with Gasteiger partial charge in [0.1, 0.15) is 0 Å². The first-order valence-corrected chi connectivity index (χ1v) is 6.76. The fourth-order valence-corrected chi connectivity index (χ4v) is 1.86. The van der Waals surface area contributed by atoms with Gasteiger partial charge in [-0.05, 0) is 31.5 Å². The molecule has 20 heavy (non-hydrogen) atoms. The van der Waals surface area contributed by atoms with E-state index < -0.39 is 0 Å². The molecular formula is C18H19NO. The molecule has 0 saturated heterocycles. The number of hydrogen-bond acceptors (Lipinski definition) is 1. The number of amides is 1. The highest BCUT2D eigenvalue weighted by molar-refractivity contribution is 5.94. The maximum atomic E-state index is 12.0. The van der Waals surface area contributed by atoms with Gasteiger partial charge in [-0.15, -0.1) is 0 Å². The summed E-state index contributed by atoms with van der Waals surface area (Å²) in [5.74, 6) is -0.0494. The second-order valence-corrected chi connectivity index (χ2v) is 4.90. The van der Waals surface area contributed by atoms with Gasteiger partial charge in [0.15, 0.2) is 0 Å². The Bertz CT molecular complexity index is 585. The molecule has 2 nitrogen and oxygen atoms in total. The number of benzene rings is 2. The van der Waals surface area contributed by atoms with Crippen LogP contribution in [0.1, 0.15) is 28.4 Å². The van der Waals surface area contributed by atoms with Crippen LogP contribution in [0.5, 0.6) is 0 Å². The number of rotatable bonds is 4. The summed E-state index contributed by atoms with van der Waals surface area (Å²) in [5.41, 5.74) is 3.06. The lowest BCUT2D eigenvalue weighted by Crippen LogP contribution is -2.30. The molecule has 0 aliphatic carbocycles. The van der Waals surface area contributed by atoms with Crippen molar-refractivity contribution in [3.8, 4) is 0 Å².